The normalized spacial score (nSPS) is 23.3. The van der Waals surface area contributed by atoms with E-state index in [0.717, 1.165) is 6.42 Å². The largest absolute Gasteiger partial charge is 0.481 e. The summed E-state index contributed by atoms with van der Waals surface area (Å²) < 4.78 is 0. The van der Waals surface area contributed by atoms with Crippen LogP contribution in [0.5, 0.6) is 0 Å². The number of aliphatic carboxylic acids is 1. The second-order valence-corrected chi connectivity index (χ2v) is 5.04. The van der Waals surface area contributed by atoms with Crippen molar-refractivity contribution in [3.05, 3.63) is 0 Å². The first kappa shape index (κ1) is 12.8. The van der Waals surface area contributed by atoms with E-state index in [9.17, 15) is 9.59 Å². The number of nitrogens with one attached hydrogen (secondary N) is 2. The Hall–Kier alpha value is -1.26. The first-order chi connectivity index (χ1) is 7.36. The van der Waals surface area contributed by atoms with Crippen molar-refractivity contribution in [3.8, 4) is 0 Å². The molecule has 0 aromatic rings. The maximum atomic E-state index is 11.4. The Balaban J connectivity index is 2.22. The van der Waals surface area contributed by atoms with E-state index in [1.165, 1.54) is 0 Å². The molecule has 1 saturated carbocycles. The van der Waals surface area contributed by atoms with E-state index in [0.29, 0.717) is 6.42 Å². The zero-order chi connectivity index (χ0) is 12.3. The van der Waals surface area contributed by atoms with Gasteiger partial charge in [-0.2, -0.15) is 0 Å². The van der Waals surface area contributed by atoms with Gasteiger partial charge in [-0.05, 0) is 18.3 Å². The zero-order valence-corrected chi connectivity index (χ0v) is 10.0. The highest BCUT2D eigenvalue weighted by Crippen LogP contribution is 2.44. The van der Waals surface area contributed by atoms with Crippen LogP contribution >= 0.6 is 0 Å². The monoisotopic (exact) mass is 228 g/mol. The van der Waals surface area contributed by atoms with E-state index < -0.39 is 11.9 Å². The van der Waals surface area contributed by atoms with E-state index in [1.54, 1.807) is 6.92 Å². The fourth-order valence-corrected chi connectivity index (χ4v) is 1.55. The molecule has 0 aromatic heterocycles. The first-order valence-corrected chi connectivity index (χ1v) is 5.64. The summed E-state index contributed by atoms with van der Waals surface area (Å²) in [6.07, 6.45) is 1.50. The lowest BCUT2D eigenvalue weighted by Gasteiger charge is -2.12. The molecular weight excluding hydrogens is 208 g/mol. The Bertz CT molecular complexity index is 289. The molecule has 1 rings (SSSR count). The number of hydrogen-bond acceptors (Lipinski definition) is 2. The van der Waals surface area contributed by atoms with Gasteiger partial charge in [-0.3, -0.25) is 4.79 Å². The van der Waals surface area contributed by atoms with Gasteiger partial charge in [-0.15, -0.1) is 0 Å². The van der Waals surface area contributed by atoms with Crippen molar-refractivity contribution >= 4 is 12.0 Å². The minimum Gasteiger partial charge on any atom is -0.481 e. The van der Waals surface area contributed by atoms with Crippen LogP contribution in [-0.2, 0) is 4.79 Å². The van der Waals surface area contributed by atoms with Gasteiger partial charge in [-0.1, -0.05) is 20.8 Å². The van der Waals surface area contributed by atoms with E-state index in [2.05, 4.69) is 24.5 Å². The highest BCUT2D eigenvalue weighted by Gasteiger charge is 2.46. The third kappa shape index (κ3) is 3.40. The fourth-order valence-electron chi connectivity index (χ4n) is 1.55. The van der Waals surface area contributed by atoms with E-state index in [-0.39, 0.29) is 24.0 Å². The van der Waals surface area contributed by atoms with Crippen molar-refractivity contribution in [2.75, 3.05) is 6.54 Å². The average Bonchev–Trinajstić information content (AvgIpc) is 2.73. The molecule has 2 atom stereocenters. The number of urea groups is 1. The smallest absolute Gasteiger partial charge is 0.315 e. The molecule has 0 aromatic carbocycles. The molecule has 1 aliphatic carbocycles. The summed E-state index contributed by atoms with van der Waals surface area (Å²) in [5.74, 6) is -1.37. The second kappa shape index (κ2) is 4.72. The minimum atomic E-state index is -0.866. The van der Waals surface area contributed by atoms with Crippen LogP contribution in [0.3, 0.4) is 0 Å². The van der Waals surface area contributed by atoms with Crippen LogP contribution in [0.1, 0.15) is 33.6 Å². The highest BCUT2D eigenvalue weighted by molar-refractivity contribution is 5.76. The second-order valence-electron chi connectivity index (χ2n) is 5.04. The number of amides is 2. The summed E-state index contributed by atoms with van der Waals surface area (Å²) in [6, 6.07) is -0.0484. The van der Waals surface area contributed by atoms with Gasteiger partial charge >= 0.3 is 12.0 Å². The molecule has 2 amide bonds. The Labute approximate surface area is 95.6 Å². The summed E-state index contributed by atoms with van der Waals surface area (Å²) >= 11 is 0. The van der Waals surface area contributed by atoms with Gasteiger partial charge in [0, 0.05) is 12.6 Å². The number of carbonyl (C=O) groups excluding carboxylic acids is 1. The molecular formula is C11H20N2O3. The van der Waals surface area contributed by atoms with E-state index in [4.69, 9.17) is 5.11 Å². The molecule has 5 nitrogen and oxygen atoms in total. The van der Waals surface area contributed by atoms with Crippen LogP contribution in [0.4, 0.5) is 4.79 Å². The lowest BCUT2D eigenvalue weighted by atomic mass is 10.1. The van der Waals surface area contributed by atoms with Crippen LogP contribution in [-0.4, -0.2) is 29.7 Å². The van der Waals surface area contributed by atoms with E-state index in [1.807, 2.05) is 0 Å². The molecule has 92 valence electrons. The van der Waals surface area contributed by atoms with Crippen molar-refractivity contribution in [1.82, 2.24) is 10.6 Å². The first-order valence-electron chi connectivity index (χ1n) is 5.64. The molecule has 3 N–H and O–H groups in total. The van der Waals surface area contributed by atoms with Crippen LogP contribution in [0.2, 0.25) is 0 Å². The summed E-state index contributed by atoms with van der Waals surface area (Å²) in [6.45, 7) is 6.15. The summed E-state index contributed by atoms with van der Waals surface area (Å²) in [4.78, 5) is 22.1. The zero-order valence-electron chi connectivity index (χ0n) is 10.0. The van der Waals surface area contributed by atoms with Gasteiger partial charge < -0.3 is 15.7 Å². The van der Waals surface area contributed by atoms with Crippen molar-refractivity contribution in [3.63, 3.8) is 0 Å². The fraction of sp³-hybridized carbons (Fsp3) is 0.818. The Morgan fingerprint density at radius 3 is 2.44 bits per heavy atom. The number of carbonyl (C=O) groups is 2. The average molecular weight is 228 g/mol. The lowest BCUT2D eigenvalue weighted by Crippen LogP contribution is -2.41. The predicted molar refractivity (Wildman–Crippen MR) is 60.1 cm³/mol. The van der Waals surface area contributed by atoms with Gasteiger partial charge in [0.2, 0.25) is 0 Å². The maximum Gasteiger partial charge on any atom is 0.315 e. The van der Waals surface area contributed by atoms with Gasteiger partial charge in [0.1, 0.15) is 0 Å². The minimum absolute atomic E-state index is 0.185. The standard InChI is InChI=1S/C11H20N2O3/c1-4-7(9(14)15)6-12-10(16)13-8-5-11(8,2)3/h7-8H,4-6H2,1-3H3,(H,14,15)(H2,12,13,16). The highest BCUT2D eigenvalue weighted by atomic mass is 16.4. The predicted octanol–water partition coefficient (Wildman–Crippen LogP) is 1.19. The van der Waals surface area contributed by atoms with Crippen LogP contribution in [0.25, 0.3) is 0 Å². The summed E-state index contributed by atoms with van der Waals surface area (Å²) in [7, 11) is 0. The molecule has 1 fully saturated rings. The third-order valence-electron chi connectivity index (χ3n) is 3.17. The van der Waals surface area contributed by atoms with Gasteiger partial charge in [0.05, 0.1) is 5.92 Å². The third-order valence-corrected chi connectivity index (χ3v) is 3.17. The Morgan fingerprint density at radius 1 is 1.50 bits per heavy atom. The quantitative estimate of drug-likeness (QED) is 0.661. The summed E-state index contributed by atoms with van der Waals surface area (Å²) in [5, 5.41) is 14.2. The molecule has 0 heterocycles. The van der Waals surface area contributed by atoms with E-state index >= 15 is 0 Å². The van der Waals surface area contributed by atoms with Gasteiger partial charge in [0.15, 0.2) is 0 Å². The van der Waals surface area contributed by atoms with Crippen LogP contribution in [0, 0.1) is 11.3 Å². The van der Waals surface area contributed by atoms with Crippen molar-refractivity contribution in [1.29, 1.82) is 0 Å². The number of carboxylic acid groups (broad SMARTS) is 1. The molecule has 1 aliphatic rings. The molecule has 2 unspecified atom stereocenters. The van der Waals surface area contributed by atoms with Gasteiger partial charge in [-0.25, -0.2) is 4.79 Å². The van der Waals surface area contributed by atoms with Crippen LogP contribution in [0.15, 0.2) is 0 Å². The molecule has 0 spiro atoms. The molecule has 5 heteroatoms. The molecule has 16 heavy (non-hydrogen) atoms. The number of hydrogen-bond donors (Lipinski definition) is 3. The van der Waals surface area contributed by atoms with Crippen molar-refractivity contribution < 1.29 is 14.7 Å². The van der Waals surface area contributed by atoms with Crippen molar-refractivity contribution in [2.24, 2.45) is 11.3 Å². The molecule has 0 aliphatic heterocycles. The Morgan fingerprint density at radius 2 is 2.06 bits per heavy atom. The lowest BCUT2D eigenvalue weighted by molar-refractivity contribution is -0.141. The topological polar surface area (TPSA) is 78.4 Å². The molecule has 0 radical (unpaired) electrons. The maximum absolute atomic E-state index is 11.4. The molecule has 0 saturated heterocycles. The SMILES string of the molecule is CCC(CNC(=O)NC1CC1(C)C)C(=O)O. The number of carboxylic acids is 1. The van der Waals surface area contributed by atoms with Crippen LogP contribution < -0.4 is 10.6 Å². The molecule has 0 bridgehead atoms. The Kier molecular flexibility index (Phi) is 3.78. The van der Waals surface area contributed by atoms with Crippen molar-refractivity contribution in [2.45, 2.75) is 39.7 Å². The summed E-state index contributed by atoms with van der Waals surface area (Å²) in [5.41, 5.74) is 0.189. The number of rotatable bonds is 5. The van der Waals surface area contributed by atoms with Gasteiger partial charge in [0.25, 0.3) is 0 Å².